The number of halogens is 1. The molecule has 0 aromatic heterocycles. The van der Waals surface area contributed by atoms with Crippen molar-refractivity contribution < 1.29 is 0 Å². The summed E-state index contributed by atoms with van der Waals surface area (Å²) in [6, 6.07) is 6.80. The summed E-state index contributed by atoms with van der Waals surface area (Å²) >= 11 is 6.23. The predicted octanol–water partition coefficient (Wildman–Crippen LogP) is 2.19. The van der Waals surface area contributed by atoms with Crippen molar-refractivity contribution in [1.82, 2.24) is 4.90 Å². The van der Waals surface area contributed by atoms with Gasteiger partial charge in [-0.25, -0.2) is 0 Å². The summed E-state index contributed by atoms with van der Waals surface area (Å²) in [5.41, 5.74) is 7.85. The molecule has 2 atom stereocenters. The number of hydrogen-bond acceptors (Lipinski definition) is 3. The lowest BCUT2D eigenvalue weighted by Gasteiger charge is -2.23. The molecule has 0 bridgehead atoms. The molecule has 1 aliphatic heterocycles. The van der Waals surface area contributed by atoms with Crippen LogP contribution in [0.2, 0.25) is 5.02 Å². The minimum absolute atomic E-state index is 0.496. The van der Waals surface area contributed by atoms with Gasteiger partial charge in [-0.2, -0.15) is 0 Å². The molecule has 0 spiro atoms. The van der Waals surface area contributed by atoms with Crippen molar-refractivity contribution in [2.24, 2.45) is 11.7 Å². The Labute approximate surface area is 115 Å². The molecule has 2 rings (SSSR count). The second-order valence-electron chi connectivity index (χ2n) is 5.39. The summed E-state index contributed by atoms with van der Waals surface area (Å²) < 4.78 is 0. The highest BCUT2D eigenvalue weighted by Gasteiger charge is 2.31. The predicted molar refractivity (Wildman–Crippen MR) is 78.2 cm³/mol. The first-order chi connectivity index (χ1) is 8.52. The van der Waals surface area contributed by atoms with Gasteiger partial charge in [-0.1, -0.05) is 24.6 Å². The highest BCUT2D eigenvalue weighted by molar-refractivity contribution is 6.31. The van der Waals surface area contributed by atoms with Gasteiger partial charge in [-0.05, 0) is 37.7 Å². The molecule has 0 aliphatic carbocycles. The van der Waals surface area contributed by atoms with Gasteiger partial charge in [0.25, 0.3) is 0 Å². The molecular weight excluding hydrogens is 246 g/mol. The Kier molecular flexibility index (Phi) is 4.15. The van der Waals surface area contributed by atoms with Gasteiger partial charge in [0.1, 0.15) is 0 Å². The minimum atomic E-state index is 0.496. The summed E-state index contributed by atoms with van der Waals surface area (Å²) in [5.74, 6) is 0.674. The number of rotatable bonds is 3. The Morgan fingerprint density at radius 3 is 2.61 bits per heavy atom. The first-order valence-electron chi connectivity index (χ1n) is 6.42. The van der Waals surface area contributed by atoms with Crippen molar-refractivity contribution in [3.8, 4) is 0 Å². The van der Waals surface area contributed by atoms with Crippen molar-refractivity contribution in [3.63, 3.8) is 0 Å². The fourth-order valence-electron chi connectivity index (χ4n) is 2.73. The largest absolute Gasteiger partial charge is 0.370 e. The van der Waals surface area contributed by atoms with Crippen LogP contribution in [-0.4, -0.2) is 38.1 Å². The number of anilines is 1. The van der Waals surface area contributed by atoms with E-state index < -0.39 is 0 Å². The molecular formula is C14H22ClN3. The van der Waals surface area contributed by atoms with Crippen molar-refractivity contribution in [2.45, 2.75) is 19.5 Å². The molecule has 1 fully saturated rings. The molecule has 1 aromatic carbocycles. The van der Waals surface area contributed by atoms with E-state index in [0.29, 0.717) is 18.5 Å². The van der Waals surface area contributed by atoms with Gasteiger partial charge in [0.15, 0.2) is 0 Å². The van der Waals surface area contributed by atoms with E-state index in [0.717, 1.165) is 23.7 Å². The number of nitrogens with zero attached hydrogens (tertiary/aromatic N) is 2. The minimum Gasteiger partial charge on any atom is -0.370 e. The third kappa shape index (κ3) is 2.63. The lowest BCUT2D eigenvalue weighted by Crippen LogP contribution is -2.34. The molecule has 1 heterocycles. The van der Waals surface area contributed by atoms with Crippen LogP contribution in [0.15, 0.2) is 18.2 Å². The molecule has 1 aliphatic rings. The summed E-state index contributed by atoms with van der Waals surface area (Å²) in [6.45, 7) is 4.95. The average Bonchev–Trinajstić information content (AvgIpc) is 2.71. The number of likely N-dealkylation sites (N-methyl/N-ethyl adjacent to an activating group) is 1. The molecule has 100 valence electrons. The number of nitrogens with two attached hydrogens (primary N) is 1. The van der Waals surface area contributed by atoms with Crippen LogP contribution >= 0.6 is 11.6 Å². The maximum atomic E-state index is 6.23. The number of hydrogen-bond donors (Lipinski definition) is 1. The van der Waals surface area contributed by atoms with Gasteiger partial charge in [0.05, 0.1) is 0 Å². The summed E-state index contributed by atoms with van der Waals surface area (Å²) in [6.07, 6.45) is 0. The van der Waals surface area contributed by atoms with E-state index in [9.17, 15) is 0 Å². The Bertz CT molecular complexity index is 420. The molecule has 2 unspecified atom stereocenters. The molecule has 1 saturated heterocycles. The van der Waals surface area contributed by atoms with Gasteiger partial charge < -0.3 is 15.5 Å². The van der Waals surface area contributed by atoms with E-state index in [-0.39, 0.29) is 0 Å². The van der Waals surface area contributed by atoms with Crippen LogP contribution in [0, 0.1) is 5.92 Å². The summed E-state index contributed by atoms with van der Waals surface area (Å²) in [7, 11) is 4.30. The third-order valence-electron chi connectivity index (χ3n) is 3.86. The van der Waals surface area contributed by atoms with Crippen LogP contribution in [0.3, 0.4) is 0 Å². The molecule has 0 radical (unpaired) electrons. The molecule has 0 saturated carbocycles. The van der Waals surface area contributed by atoms with E-state index in [1.165, 1.54) is 5.69 Å². The second-order valence-corrected chi connectivity index (χ2v) is 5.80. The van der Waals surface area contributed by atoms with Gasteiger partial charge >= 0.3 is 0 Å². The van der Waals surface area contributed by atoms with Gasteiger partial charge in [-0.3, -0.25) is 0 Å². The van der Waals surface area contributed by atoms with Crippen molar-refractivity contribution in [2.75, 3.05) is 32.1 Å². The van der Waals surface area contributed by atoms with E-state index >= 15 is 0 Å². The average molecular weight is 268 g/mol. The zero-order valence-corrected chi connectivity index (χ0v) is 12.1. The Hall–Kier alpha value is -0.770. The van der Waals surface area contributed by atoms with E-state index in [2.05, 4.69) is 36.9 Å². The molecule has 1 aromatic rings. The van der Waals surface area contributed by atoms with Crippen LogP contribution in [0.5, 0.6) is 0 Å². The Morgan fingerprint density at radius 2 is 2.11 bits per heavy atom. The normalized spacial score (nSPS) is 24.0. The Morgan fingerprint density at radius 1 is 1.39 bits per heavy atom. The second kappa shape index (κ2) is 5.47. The zero-order chi connectivity index (χ0) is 13.3. The molecule has 3 nitrogen and oxygen atoms in total. The summed E-state index contributed by atoms with van der Waals surface area (Å²) in [4.78, 5) is 4.71. The van der Waals surface area contributed by atoms with Crippen molar-refractivity contribution in [1.29, 1.82) is 0 Å². The number of benzene rings is 1. The highest BCUT2D eigenvalue weighted by atomic mass is 35.5. The van der Waals surface area contributed by atoms with Crippen LogP contribution in [0.25, 0.3) is 0 Å². The fourth-order valence-corrected chi connectivity index (χ4v) is 2.98. The monoisotopic (exact) mass is 267 g/mol. The molecule has 18 heavy (non-hydrogen) atoms. The van der Waals surface area contributed by atoms with Gasteiger partial charge in [0, 0.05) is 36.4 Å². The highest BCUT2D eigenvalue weighted by Crippen LogP contribution is 2.29. The van der Waals surface area contributed by atoms with E-state index in [4.69, 9.17) is 17.3 Å². The standard InChI is InChI=1S/C14H22ClN3/c1-10-8-18(9-14(10)17(2)3)12-5-4-11(7-16)13(15)6-12/h4-6,10,14H,7-9,16H2,1-3H3. The maximum absolute atomic E-state index is 6.23. The smallest absolute Gasteiger partial charge is 0.0471 e. The first-order valence-corrected chi connectivity index (χ1v) is 6.80. The topological polar surface area (TPSA) is 32.5 Å². The van der Waals surface area contributed by atoms with Gasteiger partial charge in [-0.15, -0.1) is 0 Å². The quantitative estimate of drug-likeness (QED) is 0.911. The molecule has 4 heteroatoms. The van der Waals surface area contributed by atoms with Crippen LogP contribution < -0.4 is 10.6 Å². The lowest BCUT2D eigenvalue weighted by atomic mass is 10.1. The van der Waals surface area contributed by atoms with Crippen LogP contribution in [0.1, 0.15) is 12.5 Å². The Balaban J connectivity index is 2.16. The lowest BCUT2D eigenvalue weighted by molar-refractivity contribution is 0.266. The molecule has 0 amide bonds. The van der Waals surface area contributed by atoms with E-state index in [1.807, 2.05) is 12.1 Å². The summed E-state index contributed by atoms with van der Waals surface area (Å²) in [5, 5.41) is 0.774. The van der Waals surface area contributed by atoms with E-state index in [1.54, 1.807) is 0 Å². The molecule has 2 N–H and O–H groups in total. The van der Waals surface area contributed by atoms with Crippen molar-refractivity contribution in [3.05, 3.63) is 28.8 Å². The van der Waals surface area contributed by atoms with Crippen LogP contribution in [0.4, 0.5) is 5.69 Å². The van der Waals surface area contributed by atoms with Crippen molar-refractivity contribution >= 4 is 17.3 Å². The zero-order valence-electron chi connectivity index (χ0n) is 11.4. The SMILES string of the molecule is CC1CN(c2ccc(CN)c(Cl)c2)CC1N(C)C. The van der Waals surface area contributed by atoms with Gasteiger partial charge in [0.2, 0.25) is 0 Å². The maximum Gasteiger partial charge on any atom is 0.0471 e. The fraction of sp³-hybridized carbons (Fsp3) is 0.571. The third-order valence-corrected chi connectivity index (χ3v) is 4.21. The van der Waals surface area contributed by atoms with Crippen LogP contribution in [-0.2, 0) is 6.54 Å². The first kappa shape index (κ1) is 13.7.